The van der Waals surface area contributed by atoms with Crippen LogP contribution in [0.4, 0.5) is 6.01 Å². The zero-order valence-electron chi connectivity index (χ0n) is 13.7. The van der Waals surface area contributed by atoms with Crippen molar-refractivity contribution in [3.63, 3.8) is 0 Å². The summed E-state index contributed by atoms with van der Waals surface area (Å²) in [5, 5.41) is 14.8. The van der Waals surface area contributed by atoms with E-state index in [2.05, 4.69) is 36.6 Å². The Morgan fingerprint density at radius 1 is 1.22 bits per heavy atom. The highest BCUT2D eigenvalue weighted by Gasteiger charge is 2.24. The van der Waals surface area contributed by atoms with Crippen molar-refractivity contribution in [2.24, 2.45) is 0 Å². The number of carbonyl (C=O) groups excluding carboxylic acids is 1. The van der Waals surface area contributed by atoms with Crippen LogP contribution in [0.1, 0.15) is 16.1 Å². The maximum atomic E-state index is 12.8. The summed E-state index contributed by atoms with van der Waals surface area (Å²) >= 11 is 11.0. The Kier molecular flexibility index (Phi) is 4.81. The van der Waals surface area contributed by atoms with Gasteiger partial charge >= 0.3 is 6.01 Å². The van der Waals surface area contributed by atoms with Gasteiger partial charge < -0.3 is 8.94 Å². The van der Waals surface area contributed by atoms with Crippen LogP contribution >= 0.6 is 38.9 Å². The molecule has 10 heteroatoms. The third-order valence-corrected chi connectivity index (χ3v) is 5.59. The van der Waals surface area contributed by atoms with Gasteiger partial charge in [-0.15, -0.1) is 16.4 Å². The van der Waals surface area contributed by atoms with Crippen LogP contribution in [0.15, 0.2) is 49.1 Å². The number of amides is 1. The first kappa shape index (κ1) is 17.9. The van der Waals surface area contributed by atoms with Crippen molar-refractivity contribution in [1.82, 2.24) is 15.4 Å². The zero-order chi connectivity index (χ0) is 19.0. The quantitative estimate of drug-likeness (QED) is 0.432. The van der Waals surface area contributed by atoms with Gasteiger partial charge in [-0.2, -0.15) is 0 Å². The van der Waals surface area contributed by atoms with E-state index in [-0.39, 0.29) is 11.6 Å². The van der Waals surface area contributed by atoms with Crippen LogP contribution in [0.3, 0.4) is 0 Å². The molecule has 136 valence electrons. The number of aryl methyl sites for hydroxylation is 1. The molecule has 0 saturated heterocycles. The average molecular weight is 466 g/mol. The van der Waals surface area contributed by atoms with Crippen molar-refractivity contribution in [3.05, 3.63) is 56.5 Å². The Bertz CT molecular complexity index is 1140. The zero-order valence-corrected chi connectivity index (χ0v) is 16.9. The molecule has 7 nitrogen and oxygen atoms in total. The number of hydrogen-bond acceptors (Lipinski definition) is 7. The predicted octanol–water partition coefficient (Wildman–Crippen LogP) is 5.43. The molecule has 3 aromatic heterocycles. The molecule has 0 bridgehead atoms. The number of anilines is 1. The maximum Gasteiger partial charge on any atom is 0.322 e. The molecule has 1 aromatic carbocycles. The first-order chi connectivity index (χ1) is 13.0. The summed E-state index contributed by atoms with van der Waals surface area (Å²) in [5.41, 5.74) is 1.19. The minimum absolute atomic E-state index is 0.0229. The largest absolute Gasteiger partial charge is 0.402 e. The normalized spacial score (nSPS) is 10.9. The fourth-order valence-electron chi connectivity index (χ4n) is 2.44. The van der Waals surface area contributed by atoms with Crippen molar-refractivity contribution < 1.29 is 13.7 Å². The molecule has 0 spiro atoms. The van der Waals surface area contributed by atoms with Crippen LogP contribution in [0, 0.1) is 6.92 Å². The summed E-state index contributed by atoms with van der Waals surface area (Å²) in [5.74, 6) is 0.185. The monoisotopic (exact) mass is 464 g/mol. The second kappa shape index (κ2) is 7.26. The van der Waals surface area contributed by atoms with Crippen molar-refractivity contribution in [2.45, 2.75) is 6.92 Å². The lowest BCUT2D eigenvalue weighted by Gasteiger charge is -2.03. The molecule has 4 rings (SSSR count). The smallest absolute Gasteiger partial charge is 0.322 e. The first-order valence-electron chi connectivity index (χ1n) is 7.64. The van der Waals surface area contributed by atoms with Crippen LogP contribution in [0.5, 0.6) is 0 Å². The fourth-order valence-corrected chi connectivity index (χ4v) is 3.97. The number of aromatic nitrogens is 3. The van der Waals surface area contributed by atoms with Crippen LogP contribution in [0.25, 0.3) is 22.0 Å². The van der Waals surface area contributed by atoms with Gasteiger partial charge in [0.2, 0.25) is 0 Å². The Hall–Kier alpha value is -2.49. The number of carbonyl (C=O) groups is 1. The highest BCUT2D eigenvalue weighted by Crippen LogP contribution is 2.33. The second-order valence-corrected chi connectivity index (χ2v) is 8.28. The lowest BCUT2D eigenvalue weighted by Crippen LogP contribution is -2.13. The van der Waals surface area contributed by atoms with Gasteiger partial charge in [-0.05, 0) is 41.1 Å². The Morgan fingerprint density at radius 2 is 2.04 bits per heavy atom. The highest BCUT2D eigenvalue weighted by molar-refractivity contribution is 9.11. The maximum absolute atomic E-state index is 12.8. The number of thiophene rings is 1. The SMILES string of the molecule is Cc1onc(-c2ccccc2Cl)c1C(=O)Nc1nnc(-c2ccc(Br)s2)o1. The molecule has 0 saturated carbocycles. The van der Waals surface area contributed by atoms with E-state index in [1.165, 1.54) is 11.3 Å². The lowest BCUT2D eigenvalue weighted by molar-refractivity contribution is 0.102. The molecule has 4 aromatic rings. The van der Waals surface area contributed by atoms with E-state index in [1.54, 1.807) is 31.2 Å². The van der Waals surface area contributed by atoms with Gasteiger partial charge in [-0.1, -0.05) is 40.1 Å². The molecule has 0 aliphatic carbocycles. The van der Waals surface area contributed by atoms with Gasteiger partial charge in [0.1, 0.15) is 17.0 Å². The summed E-state index contributed by atoms with van der Waals surface area (Å²) in [7, 11) is 0. The molecule has 0 fully saturated rings. The first-order valence-corrected chi connectivity index (χ1v) is 9.63. The molecule has 0 radical (unpaired) electrons. The van der Waals surface area contributed by atoms with E-state index in [0.717, 1.165) is 8.66 Å². The second-order valence-electron chi connectivity index (χ2n) is 5.41. The van der Waals surface area contributed by atoms with E-state index in [1.807, 2.05) is 12.1 Å². The van der Waals surface area contributed by atoms with E-state index in [4.69, 9.17) is 20.5 Å². The van der Waals surface area contributed by atoms with E-state index < -0.39 is 5.91 Å². The minimum atomic E-state index is -0.480. The van der Waals surface area contributed by atoms with Gasteiger partial charge in [0, 0.05) is 5.56 Å². The molecular formula is C17H10BrClN4O3S. The van der Waals surface area contributed by atoms with Crippen LogP contribution in [0.2, 0.25) is 5.02 Å². The molecule has 3 heterocycles. The molecule has 0 aliphatic rings. The molecule has 0 atom stereocenters. The van der Waals surface area contributed by atoms with Gasteiger partial charge in [0.25, 0.3) is 11.8 Å². The topological polar surface area (TPSA) is 94.1 Å². The van der Waals surface area contributed by atoms with E-state index in [0.29, 0.717) is 27.9 Å². The summed E-state index contributed by atoms with van der Waals surface area (Å²) < 4.78 is 11.7. The van der Waals surface area contributed by atoms with Crippen molar-refractivity contribution in [2.75, 3.05) is 5.32 Å². The van der Waals surface area contributed by atoms with Gasteiger partial charge in [-0.3, -0.25) is 10.1 Å². The van der Waals surface area contributed by atoms with Crippen LogP contribution in [-0.4, -0.2) is 21.3 Å². The highest BCUT2D eigenvalue weighted by atomic mass is 79.9. The lowest BCUT2D eigenvalue weighted by atomic mass is 10.1. The molecular weight excluding hydrogens is 456 g/mol. The molecule has 1 N–H and O–H groups in total. The molecule has 27 heavy (non-hydrogen) atoms. The average Bonchev–Trinajstić information content (AvgIpc) is 3.35. The third-order valence-electron chi connectivity index (χ3n) is 3.65. The Labute approximate surface area is 170 Å². The fraction of sp³-hybridized carbons (Fsp3) is 0.0588. The number of nitrogens with zero attached hydrogens (tertiary/aromatic N) is 3. The van der Waals surface area contributed by atoms with Gasteiger partial charge in [0.15, 0.2) is 0 Å². The Morgan fingerprint density at radius 3 is 2.78 bits per heavy atom. The molecule has 1 amide bonds. The summed E-state index contributed by atoms with van der Waals surface area (Å²) in [6, 6.07) is 10.8. The summed E-state index contributed by atoms with van der Waals surface area (Å²) in [6.45, 7) is 1.64. The van der Waals surface area contributed by atoms with E-state index >= 15 is 0 Å². The van der Waals surface area contributed by atoms with Crippen molar-refractivity contribution in [3.8, 4) is 22.0 Å². The number of nitrogens with one attached hydrogen (secondary N) is 1. The van der Waals surface area contributed by atoms with Crippen molar-refractivity contribution in [1.29, 1.82) is 0 Å². The standard InChI is InChI=1S/C17H10BrClN4O3S/c1-8-13(14(23-26-8)9-4-2-3-5-10(9)19)15(24)20-17-22-21-16(25-17)11-6-7-12(18)27-11/h2-7H,1H3,(H,20,22,24). The summed E-state index contributed by atoms with van der Waals surface area (Å²) in [4.78, 5) is 13.5. The van der Waals surface area contributed by atoms with Crippen LogP contribution in [-0.2, 0) is 0 Å². The molecule has 0 aliphatic heterocycles. The summed E-state index contributed by atoms with van der Waals surface area (Å²) in [6.07, 6.45) is 0. The minimum Gasteiger partial charge on any atom is -0.402 e. The number of rotatable bonds is 4. The third kappa shape index (κ3) is 3.53. The van der Waals surface area contributed by atoms with E-state index in [9.17, 15) is 4.79 Å². The number of hydrogen-bond donors (Lipinski definition) is 1. The van der Waals surface area contributed by atoms with Crippen molar-refractivity contribution >= 4 is 50.8 Å². The Balaban J connectivity index is 1.62. The predicted molar refractivity (Wildman–Crippen MR) is 105 cm³/mol. The number of halogens is 2. The van der Waals surface area contributed by atoms with Crippen LogP contribution < -0.4 is 5.32 Å². The number of benzene rings is 1. The molecule has 0 unspecified atom stereocenters. The van der Waals surface area contributed by atoms with Gasteiger partial charge in [-0.25, -0.2) is 0 Å². The van der Waals surface area contributed by atoms with Gasteiger partial charge in [0.05, 0.1) is 13.7 Å².